The van der Waals surface area contributed by atoms with E-state index in [9.17, 15) is 14.4 Å². The Morgan fingerprint density at radius 3 is 2.24 bits per heavy atom. The molecule has 0 saturated heterocycles. The van der Waals surface area contributed by atoms with Crippen LogP contribution < -0.4 is 5.73 Å². The molecule has 0 bridgehead atoms. The zero-order valence-electron chi connectivity index (χ0n) is 14.0. The predicted molar refractivity (Wildman–Crippen MR) is 79.2 cm³/mol. The van der Waals surface area contributed by atoms with E-state index in [-0.39, 0.29) is 43.0 Å². The van der Waals surface area contributed by atoms with Crippen molar-refractivity contribution in [3.05, 3.63) is 35.4 Å². The van der Waals surface area contributed by atoms with E-state index in [4.69, 9.17) is 10.8 Å². The van der Waals surface area contributed by atoms with Crippen LogP contribution in [0.3, 0.4) is 0 Å². The molecule has 0 heterocycles. The van der Waals surface area contributed by atoms with Gasteiger partial charge in [-0.2, -0.15) is 0 Å². The predicted octanol–water partition coefficient (Wildman–Crippen LogP) is 1.29. The van der Waals surface area contributed by atoms with Crippen LogP contribution in [0.1, 0.15) is 43.8 Å². The van der Waals surface area contributed by atoms with Gasteiger partial charge in [-0.15, -0.1) is 0 Å². The maximum Gasteiger partial charge on any atom is 2.00 e. The molecule has 0 radical (unpaired) electrons. The Balaban J connectivity index is -0.00000133. The summed E-state index contributed by atoms with van der Waals surface area (Å²) in [6, 6.07) is 4.61. The van der Waals surface area contributed by atoms with E-state index >= 15 is 0 Å². The Labute approximate surface area is 141 Å². The molecule has 6 nitrogen and oxygen atoms in total. The Hall–Kier alpha value is -1.44. The van der Waals surface area contributed by atoms with Gasteiger partial charge in [0.05, 0.1) is 11.1 Å². The van der Waals surface area contributed by atoms with Crippen LogP contribution in [0.4, 0.5) is 0 Å². The van der Waals surface area contributed by atoms with E-state index in [2.05, 4.69) is 4.74 Å². The Bertz CT molecular complexity index is 540. The van der Waals surface area contributed by atoms with Gasteiger partial charge in [-0.25, -0.2) is 14.4 Å². The van der Waals surface area contributed by atoms with Gasteiger partial charge in [0.15, 0.2) is 0 Å². The number of ether oxygens (including phenoxy) is 1. The van der Waals surface area contributed by atoms with Crippen molar-refractivity contribution in [2.75, 3.05) is 0 Å². The third-order valence-corrected chi connectivity index (χ3v) is 2.60. The zero-order valence-corrected chi connectivity index (χ0v) is 13.5. The summed E-state index contributed by atoms with van der Waals surface area (Å²) >= 11 is 0. The first-order valence-electron chi connectivity index (χ1n) is 6.16. The molecular formula is C14H19MgNO5. The van der Waals surface area contributed by atoms with Crippen LogP contribution in [0.15, 0.2) is 24.3 Å². The molecule has 3 N–H and O–H groups in total. The molecule has 1 rings (SSSR count). The smallest absolute Gasteiger partial charge is 1.00 e. The molecule has 0 saturated carbocycles. The fraction of sp³-hybridized carbons (Fsp3) is 0.357. The number of carbonyl (C=O) groups excluding carboxylic acids is 2. The van der Waals surface area contributed by atoms with Gasteiger partial charge >= 0.3 is 41.0 Å². The molecule has 21 heavy (non-hydrogen) atoms. The molecule has 1 aromatic carbocycles. The maximum absolute atomic E-state index is 11.8. The van der Waals surface area contributed by atoms with Crippen LogP contribution >= 0.6 is 0 Å². The number of carboxylic acid groups (broad SMARTS) is 1. The topological polar surface area (TPSA) is 107 Å². The van der Waals surface area contributed by atoms with Crippen molar-refractivity contribution in [3.8, 4) is 0 Å². The second-order valence-corrected chi connectivity index (χ2v) is 4.80. The normalized spacial score (nSPS) is 11.4. The van der Waals surface area contributed by atoms with Gasteiger partial charge in [0.2, 0.25) is 0 Å². The average Bonchev–Trinajstić information content (AvgIpc) is 2.37. The van der Waals surface area contributed by atoms with Gasteiger partial charge in [0, 0.05) is 0 Å². The fourth-order valence-corrected chi connectivity index (χ4v) is 1.67. The summed E-state index contributed by atoms with van der Waals surface area (Å²) in [5.74, 6) is -2.95. The second kappa shape index (κ2) is 8.76. The molecular weight excluding hydrogens is 286 g/mol. The minimum absolute atomic E-state index is 0. The molecule has 1 aromatic rings. The number of esters is 2. The van der Waals surface area contributed by atoms with Crippen molar-refractivity contribution in [3.63, 3.8) is 0 Å². The van der Waals surface area contributed by atoms with E-state index < -0.39 is 23.9 Å². The molecule has 0 aliphatic heterocycles. The third-order valence-electron chi connectivity index (χ3n) is 2.60. The van der Waals surface area contributed by atoms with E-state index in [0.29, 0.717) is 6.42 Å². The minimum Gasteiger partial charge on any atom is -1.00 e. The average molecular weight is 306 g/mol. The van der Waals surface area contributed by atoms with E-state index in [1.807, 2.05) is 13.8 Å². The van der Waals surface area contributed by atoms with Crippen LogP contribution in [0, 0.1) is 5.92 Å². The number of aromatic carboxylic acids is 1. The van der Waals surface area contributed by atoms with E-state index in [0.717, 1.165) is 0 Å². The molecule has 0 aliphatic rings. The van der Waals surface area contributed by atoms with Crippen LogP contribution in [-0.2, 0) is 9.53 Å². The summed E-state index contributed by atoms with van der Waals surface area (Å²) in [6.45, 7) is 3.77. The molecule has 0 fully saturated rings. The molecule has 0 aliphatic carbocycles. The molecule has 112 valence electrons. The first-order valence-corrected chi connectivity index (χ1v) is 6.16. The summed E-state index contributed by atoms with van der Waals surface area (Å²) < 4.78 is 4.62. The van der Waals surface area contributed by atoms with Crippen molar-refractivity contribution in [1.82, 2.24) is 0 Å². The molecule has 0 amide bonds. The Morgan fingerprint density at radius 2 is 1.76 bits per heavy atom. The second-order valence-electron chi connectivity index (χ2n) is 4.80. The number of nitrogens with two attached hydrogens (primary N) is 1. The number of carbonyl (C=O) groups is 3. The van der Waals surface area contributed by atoms with Crippen molar-refractivity contribution < 1.29 is 27.1 Å². The van der Waals surface area contributed by atoms with Crippen LogP contribution in [-0.4, -0.2) is 52.1 Å². The van der Waals surface area contributed by atoms with Gasteiger partial charge in [-0.05, 0) is 24.5 Å². The van der Waals surface area contributed by atoms with Gasteiger partial charge in [0.1, 0.15) is 6.04 Å². The molecule has 1 atom stereocenters. The number of hydrogen-bond acceptors (Lipinski definition) is 5. The van der Waals surface area contributed by atoms with Gasteiger partial charge in [0.25, 0.3) is 0 Å². The standard InChI is InChI=1S/C14H17NO5.Mg.2H/c1-8(2)7-11(15)14(19)20-13(18)10-6-4-3-5-9(10)12(16)17;;;/h3-6,8,11H,7,15H2,1-2H3,(H,16,17);;;/q;+2;2*-1/t11-;;;/m0.../s1. The van der Waals surface area contributed by atoms with Gasteiger partial charge < -0.3 is 18.4 Å². The van der Waals surface area contributed by atoms with Gasteiger partial charge in [-0.1, -0.05) is 26.0 Å². The molecule has 0 unspecified atom stereocenters. The van der Waals surface area contributed by atoms with Gasteiger partial charge in [-0.3, -0.25) is 0 Å². The van der Waals surface area contributed by atoms with Crippen LogP contribution in [0.5, 0.6) is 0 Å². The van der Waals surface area contributed by atoms with Crippen molar-refractivity contribution >= 4 is 41.0 Å². The fourth-order valence-electron chi connectivity index (χ4n) is 1.67. The maximum atomic E-state index is 11.8. The summed E-state index contributed by atoms with van der Waals surface area (Å²) in [5.41, 5.74) is 5.20. The first kappa shape index (κ1) is 19.6. The summed E-state index contributed by atoms with van der Waals surface area (Å²) in [4.78, 5) is 34.4. The quantitative estimate of drug-likeness (QED) is 0.482. The number of rotatable bonds is 5. The molecule has 0 aromatic heterocycles. The van der Waals surface area contributed by atoms with Crippen molar-refractivity contribution in [2.24, 2.45) is 11.7 Å². The number of benzene rings is 1. The zero-order chi connectivity index (χ0) is 15.3. The largest absolute Gasteiger partial charge is 2.00 e. The molecule has 0 spiro atoms. The SMILES string of the molecule is CC(C)C[C@H](N)C(=O)OC(=O)c1ccccc1C(=O)O.[H-].[H-].[Mg+2]. The van der Waals surface area contributed by atoms with E-state index in [1.54, 1.807) is 0 Å². The number of hydrogen-bond donors (Lipinski definition) is 2. The summed E-state index contributed by atoms with van der Waals surface area (Å²) in [6.07, 6.45) is 0.382. The van der Waals surface area contributed by atoms with E-state index in [1.165, 1.54) is 24.3 Å². The molecule has 7 heteroatoms. The first-order chi connectivity index (χ1) is 9.32. The number of carboxylic acids is 1. The Kier molecular flexibility index (Phi) is 8.16. The van der Waals surface area contributed by atoms with Crippen LogP contribution in [0.25, 0.3) is 0 Å². The minimum atomic E-state index is -1.27. The summed E-state index contributed by atoms with van der Waals surface area (Å²) in [7, 11) is 0. The third kappa shape index (κ3) is 5.82. The van der Waals surface area contributed by atoms with Crippen LogP contribution in [0.2, 0.25) is 0 Å². The monoisotopic (exact) mass is 305 g/mol. The Morgan fingerprint density at radius 1 is 1.24 bits per heavy atom. The van der Waals surface area contributed by atoms with Crippen molar-refractivity contribution in [2.45, 2.75) is 26.3 Å². The summed E-state index contributed by atoms with van der Waals surface area (Å²) in [5, 5.41) is 8.96. The van der Waals surface area contributed by atoms with Crippen molar-refractivity contribution in [1.29, 1.82) is 0 Å².